The molecule has 0 radical (unpaired) electrons. The van der Waals surface area contributed by atoms with Gasteiger partial charge in [0.25, 0.3) is 0 Å². The van der Waals surface area contributed by atoms with Crippen molar-refractivity contribution in [3.8, 4) is 0 Å². The summed E-state index contributed by atoms with van der Waals surface area (Å²) in [4.78, 5) is 18.3. The smallest absolute Gasteiger partial charge is 0.321 e. The summed E-state index contributed by atoms with van der Waals surface area (Å²) in [6.07, 6.45) is 5.52. The number of aromatic nitrogens is 1. The highest BCUT2D eigenvalue weighted by molar-refractivity contribution is 6.34. The average molecular weight is 280 g/mol. The first-order valence-electron chi connectivity index (χ1n) is 6.82. The van der Waals surface area contributed by atoms with E-state index in [0.717, 1.165) is 18.8 Å². The summed E-state index contributed by atoms with van der Waals surface area (Å²) in [5.41, 5.74) is 1.38. The highest BCUT2D eigenvalue weighted by Gasteiger charge is 2.38. The fourth-order valence-corrected chi connectivity index (χ4v) is 3.40. The number of carbonyl (C=O) groups is 1. The van der Waals surface area contributed by atoms with Crippen LogP contribution < -0.4 is 5.32 Å². The van der Waals surface area contributed by atoms with Crippen molar-refractivity contribution < 1.29 is 4.79 Å². The van der Waals surface area contributed by atoms with Crippen molar-refractivity contribution in [2.75, 3.05) is 18.4 Å². The monoisotopic (exact) mass is 279 g/mol. The Hall–Kier alpha value is -1.29. The summed E-state index contributed by atoms with van der Waals surface area (Å²) >= 11 is 6.14. The normalized spacial score (nSPS) is 25.5. The molecule has 2 aliphatic rings. The topological polar surface area (TPSA) is 45.2 Å². The molecule has 0 aromatic carbocycles. The van der Waals surface area contributed by atoms with Crippen molar-refractivity contribution in [3.05, 3.63) is 23.0 Å². The maximum Gasteiger partial charge on any atom is 0.321 e. The van der Waals surface area contributed by atoms with Crippen LogP contribution in [-0.2, 0) is 0 Å². The molecule has 0 unspecified atom stereocenters. The number of carbonyl (C=O) groups excluding carboxylic acids is 1. The number of nitrogens with zero attached hydrogens (tertiary/aromatic N) is 2. The zero-order valence-electron chi connectivity index (χ0n) is 11.0. The molecule has 1 aliphatic carbocycles. The van der Waals surface area contributed by atoms with Crippen LogP contribution in [0.15, 0.2) is 12.3 Å². The third-order valence-corrected chi connectivity index (χ3v) is 4.80. The van der Waals surface area contributed by atoms with Gasteiger partial charge in [0.15, 0.2) is 0 Å². The number of pyridine rings is 1. The molecule has 1 aromatic heterocycles. The maximum atomic E-state index is 12.2. The van der Waals surface area contributed by atoms with Gasteiger partial charge in [0.2, 0.25) is 0 Å². The Morgan fingerprint density at radius 2 is 2.11 bits per heavy atom. The van der Waals surface area contributed by atoms with E-state index in [-0.39, 0.29) is 6.03 Å². The highest BCUT2D eigenvalue weighted by Crippen LogP contribution is 2.38. The molecule has 0 spiro atoms. The van der Waals surface area contributed by atoms with Gasteiger partial charge in [-0.05, 0) is 37.7 Å². The minimum Gasteiger partial charge on any atom is -0.324 e. The Morgan fingerprint density at radius 1 is 1.42 bits per heavy atom. The van der Waals surface area contributed by atoms with E-state index in [9.17, 15) is 4.79 Å². The molecule has 3 rings (SSSR count). The Balaban J connectivity index is 1.67. The predicted octanol–water partition coefficient (Wildman–Crippen LogP) is 3.31. The lowest BCUT2D eigenvalue weighted by Gasteiger charge is -2.18. The molecule has 2 fully saturated rings. The van der Waals surface area contributed by atoms with Crippen LogP contribution in [0.3, 0.4) is 0 Å². The SMILES string of the molecule is Cc1nccc(NC(=O)N2C[C@H]3CCC[C@@H]3C2)c1Cl. The molecule has 2 amide bonds. The van der Waals surface area contributed by atoms with Gasteiger partial charge in [-0.3, -0.25) is 4.98 Å². The maximum absolute atomic E-state index is 12.2. The van der Waals surface area contributed by atoms with E-state index in [0.29, 0.717) is 22.5 Å². The van der Waals surface area contributed by atoms with E-state index in [1.165, 1.54) is 19.3 Å². The number of urea groups is 1. The molecule has 1 saturated carbocycles. The van der Waals surface area contributed by atoms with Gasteiger partial charge in [0, 0.05) is 19.3 Å². The van der Waals surface area contributed by atoms with Gasteiger partial charge >= 0.3 is 6.03 Å². The molecule has 1 N–H and O–H groups in total. The van der Waals surface area contributed by atoms with Crippen LogP contribution in [0.1, 0.15) is 25.0 Å². The molecular formula is C14H18ClN3O. The summed E-state index contributed by atoms with van der Waals surface area (Å²) < 4.78 is 0. The van der Waals surface area contributed by atoms with Crippen LogP contribution in [0.4, 0.5) is 10.5 Å². The van der Waals surface area contributed by atoms with Crippen molar-refractivity contribution in [1.29, 1.82) is 0 Å². The lowest BCUT2D eigenvalue weighted by atomic mass is 10.0. The van der Waals surface area contributed by atoms with Gasteiger partial charge in [-0.15, -0.1) is 0 Å². The van der Waals surface area contributed by atoms with Crippen molar-refractivity contribution in [2.45, 2.75) is 26.2 Å². The second kappa shape index (κ2) is 5.00. The second-order valence-corrected chi connectivity index (χ2v) is 5.92. The molecule has 1 saturated heterocycles. The fourth-order valence-electron chi connectivity index (χ4n) is 3.24. The van der Waals surface area contributed by atoms with E-state index in [2.05, 4.69) is 10.3 Å². The lowest BCUT2D eigenvalue weighted by molar-refractivity contribution is 0.219. The van der Waals surface area contributed by atoms with Crippen LogP contribution >= 0.6 is 11.6 Å². The molecule has 0 bridgehead atoms. The average Bonchev–Trinajstić information content (AvgIpc) is 2.95. The molecule has 5 heteroatoms. The standard InChI is InChI=1S/C14H18ClN3O/c1-9-13(15)12(5-6-16-9)17-14(19)18-7-10-3-2-4-11(10)8-18/h5-6,10-11H,2-4,7-8H2,1H3,(H,16,17,19)/t10-,11-/m1/s1. The van der Waals surface area contributed by atoms with E-state index in [4.69, 9.17) is 11.6 Å². The van der Waals surface area contributed by atoms with Crippen molar-refractivity contribution in [3.63, 3.8) is 0 Å². The zero-order valence-corrected chi connectivity index (χ0v) is 11.8. The molecule has 19 heavy (non-hydrogen) atoms. The lowest BCUT2D eigenvalue weighted by Crippen LogP contribution is -2.33. The quantitative estimate of drug-likeness (QED) is 0.857. The van der Waals surface area contributed by atoms with Crippen molar-refractivity contribution >= 4 is 23.3 Å². The summed E-state index contributed by atoms with van der Waals surface area (Å²) in [7, 11) is 0. The second-order valence-electron chi connectivity index (χ2n) is 5.54. The Kier molecular flexibility index (Phi) is 3.35. The minimum absolute atomic E-state index is 0.0399. The van der Waals surface area contributed by atoms with Crippen molar-refractivity contribution in [2.24, 2.45) is 11.8 Å². The van der Waals surface area contributed by atoms with Crippen LogP contribution in [0.5, 0.6) is 0 Å². The molecule has 2 atom stereocenters. The third kappa shape index (κ3) is 2.41. The highest BCUT2D eigenvalue weighted by atomic mass is 35.5. The number of fused-ring (bicyclic) bond motifs is 1. The minimum atomic E-state index is -0.0399. The number of likely N-dealkylation sites (tertiary alicyclic amines) is 1. The van der Waals surface area contributed by atoms with Crippen LogP contribution in [0.25, 0.3) is 0 Å². The molecular weight excluding hydrogens is 262 g/mol. The number of nitrogens with one attached hydrogen (secondary N) is 1. The molecule has 1 aliphatic heterocycles. The van der Waals surface area contributed by atoms with Gasteiger partial charge < -0.3 is 10.2 Å². The Bertz CT molecular complexity index is 493. The third-order valence-electron chi connectivity index (χ3n) is 4.32. The van der Waals surface area contributed by atoms with Crippen LogP contribution in [0.2, 0.25) is 5.02 Å². The number of aryl methyl sites for hydroxylation is 1. The van der Waals surface area contributed by atoms with E-state index >= 15 is 0 Å². The Morgan fingerprint density at radius 3 is 2.79 bits per heavy atom. The van der Waals surface area contributed by atoms with Gasteiger partial charge in [0.05, 0.1) is 16.4 Å². The van der Waals surface area contributed by atoms with Crippen molar-refractivity contribution in [1.82, 2.24) is 9.88 Å². The van der Waals surface area contributed by atoms with E-state index in [1.807, 2.05) is 11.8 Å². The Labute approximate surface area is 118 Å². The van der Waals surface area contributed by atoms with Gasteiger partial charge in [-0.25, -0.2) is 4.79 Å². The summed E-state index contributed by atoms with van der Waals surface area (Å²) in [5.74, 6) is 1.42. The number of anilines is 1. The first-order chi connectivity index (χ1) is 9.15. The van der Waals surface area contributed by atoms with Gasteiger partial charge in [-0.2, -0.15) is 0 Å². The predicted molar refractivity (Wildman–Crippen MR) is 75.4 cm³/mol. The molecule has 4 nitrogen and oxygen atoms in total. The zero-order chi connectivity index (χ0) is 13.4. The summed E-state index contributed by atoms with van der Waals surface area (Å²) in [5, 5.41) is 3.42. The first kappa shape index (κ1) is 12.7. The fraction of sp³-hybridized carbons (Fsp3) is 0.571. The number of halogens is 1. The van der Waals surface area contributed by atoms with Gasteiger partial charge in [0.1, 0.15) is 0 Å². The first-order valence-corrected chi connectivity index (χ1v) is 7.20. The summed E-state index contributed by atoms with van der Waals surface area (Å²) in [6, 6.07) is 1.70. The number of rotatable bonds is 1. The van der Waals surface area contributed by atoms with Crippen LogP contribution in [-0.4, -0.2) is 29.0 Å². The summed E-state index contributed by atoms with van der Waals surface area (Å²) in [6.45, 7) is 3.61. The molecule has 2 heterocycles. The molecule has 102 valence electrons. The number of amides is 2. The van der Waals surface area contributed by atoms with Gasteiger partial charge in [-0.1, -0.05) is 18.0 Å². The number of hydrogen-bond acceptors (Lipinski definition) is 2. The van der Waals surface area contributed by atoms with Crippen LogP contribution in [0, 0.1) is 18.8 Å². The van der Waals surface area contributed by atoms with E-state index in [1.54, 1.807) is 12.3 Å². The largest absolute Gasteiger partial charge is 0.324 e. The van der Waals surface area contributed by atoms with E-state index < -0.39 is 0 Å². The number of hydrogen-bond donors (Lipinski definition) is 1. The molecule has 1 aromatic rings.